The van der Waals surface area contributed by atoms with Crippen molar-refractivity contribution in [1.82, 2.24) is 0 Å². The Morgan fingerprint density at radius 3 is 3.38 bits per heavy atom. The fraction of sp³-hybridized carbons (Fsp3) is 0.333. The van der Waals surface area contributed by atoms with Crippen molar-refractivity contribution in [3.63, 3.8) is 0 Å². The van der Waals surface area contributed by atoms with Gasteiger partial charge in [0, 0.05) is 0 Å². The highest BCUT2D eigenvalue weighted by Crippen LogP contribution is 2.58. The summed E-state index contributed by atoms with van der Waals surface area (Å²) in [5.74, 6) is 0. The number of rotatable bonds is 0. The van der Waals surface area contributed by atoms with Gasteiger partial charge in [-0.15, -0.1) is 0 Å². The predicted molar refractivity (Wildman–Crippen MR) is 50.3 cm³/mol. The Morgan fingerprint density at radius 2 is 2.38 bits per heavy atom. The monoisotopic (exact) mass is 170 g/mol. The fourth-order valence-electron chi connectivity index (χ4n) is 2.91. The molecule has 1 nitrogen and oxygen atoms in total. The average Bonchev–Trinajstić information content (AvgIpc) is 2.77. The molecule has 0 aromatic heterocycles. The third kappa shape index (κ3) is 0.574. The van der Waals surface area contributed by atoms with Gasteiger partial charge in [-0.25, -0.2) is 0 Å². The molecule has 64 valence electrons. The molecule has 1 aromatic carbocycles. The molecule has 1 heteroatoms. The van der Waals surface area contributed by atoms with Gasteiger partial charge in [0.25, 0.3) is 0 Å². The topological polar surface area (TPSA) is 12.5 Å². The van der Waals surface area contributed by atoms with E-state index in [1.165, 1.54) is 29.5 Å². The lowest BCUT2D eigenvalue weighted by Gasteiger charge is -2.12. The van der Waals surface area contributed by atoms with E-state index >= 15 is 0 Å². The molecule has 0 amide bonds. The van der Waals surface area contributed by atoms with Crippen LogP contribution in [0.1, 0.15) is 23.1 Å². The second-order valence-corrected chi connectivity index (χ2v) is 4.17. The van der Waals surface area contributed by atoms with Gasteiger partial charge in [-0.2, -0.15) is 0 Å². The Morgan fingerprint density at radius 1 is 1.38 bits per heavy atom. The smallest absolute Gasteiger partial charge is 0.125 e. The maximum atomic E-state index is 5.81. The Balaban J connectivity index is 2.13. The van der Waals surface area contributed by atoms with Crippen molar-refractivity contribution in [3.05, 3.63) is 41.0 Å². The molecule has 1 spiro atoms. The van der Waals surface area contributed by atoms with Crippen LogP contribution in [0.5, 0.6) is 0 Å². The highest BCUT2D eigenvalue weighted by atomic mass is 16.6. The minimum absolute atomic E-state index is 0.126. The summed E-state index contributed by atoms with van der Waals surface area (Å²) in [7, 11) is 0. The number of ether oxygens (including phenoxy) is 1. The van der Waals surface area contributed by atoms with Crippen LogP contribution in [0.15, 0.2) is 24.3 Å². The molecule has 13 heavy (non-hydrogen) atoms. The standard InChI is InChI=1S/C12H10O/c1-2-8-4-5-10-12(13-10)7-6-9(3-1)11(8)12/h1-5,10H,6-7H2. The molecule has 0 radical (unpaired) electrons. The summed E-state index contributed by atoms with van der Waals surface area (Å²) in [6, 6.07) is 6.59. The zero-order valence-electron chi connectivity index (χ0n) is 7.29. The van der Waals surface area contributed by atoms with Crippen molar-refractivity contribution in [2.24, 2.45) is 0 Å². The first-order valence-corrected chi connectivity index (χ1v) is 4.88. The quantitative estimate of drug-likeness (QED) is 0.544. The van der Waals surface area contributed by atoms with Crippen molar-refractivity contribution < 1.29 is 4.74 Å². The molecule has 2 atom stereocenters. The summed E-state index contributed by atoms with van der Waals surface area (Å²) in [6.07, 6.45) is 7.19. The molecule has 1 fully saturated rings. The summed E-state index contributed by atoms with van der Waals surface area (Å²) in [5.41, 5.74) is 4.50. The van der Waals surface area contributed by atoms with Gasteiger partial charge in [0.2, 0.25) is 0 Å². The number of aryl methyl sites for hydroxylation is 1. The van der Waals surface area contributed by atoms with Gasteiger partial charge in [0.15, 0.2) is 0 Å². The first-order valence-electron chi connectivity index (χ1n) is 4.88. The Labute approximate surface area is 77.0 Å². The predicted octanol–water partition coefficient (Wildman–Crippen LogP) is 2.25. The van der Waals surface area contributed by atoms with E-state index < -0.39 is 0 Å². The zero-order chi connectivity index (χ0) is 8.47. The zero-order valence-corrected chi connectivity index (χ0v) is 7.29. The molecule has 1 heterocycles. The van der Waals surface area contributed by atoms with Gasteiger partial charge in [-0.1, -0.05) is 30.4 Å². The second-order valence-electron chi connectivity index (χ2n) is 4.17. The summed E-state index contributed by atoms with van der Waals surface area (Å²) >= 11 is 0. The fourth-order valence-corrected chi connectivity index (χ4v) is 2.91. The minimum atomic E-state index is 0.126. The van der Waals surface area contributed by atoms with Crippen LogP contribution in [0.4, 0.5) is 0 Å². The highest BCUT2D eigenvalue weighted by molar-refractivity contribution is 5.66. The van der Waals surface area contributed by atoms with Gasteiger partial charge in [0.1, 0.15) is 11.7 Å². The van der Waals surface area contributed by atoms with E-state index in [1.807, 2.05) is 0 Å². The van der Waals surface area contributed by atoms with Crippen LogP contribution in [-0.4, -0.2) is 6.10 Å². The molecular formula is C12H10O. The van der Waals surface area contributed by atoms with E-state index in [4.69, 9.17) is 4.74 Å². The van der Waals surface area contributed by atoms with E-state index in [1.54, 1.807) is 0 Å². The third-order valence-electron chi connectivity index (χ3n) is 3.56. The van der Waals surface area contributed by atoms with Gasteiger partial charge < -0.3 is 4.74 Å². The number of benzene rings is 1. The molecule has 2 aliphatic carbocycles. The third-order valence-corrected chi connectivity index (χ3v) is 3.56. The molecule has 4 rings (SSSR count). The van der Waals surface area contributed by atoms with Crippen LogP contribution >= 0.6 is 0 Å². The van der Waals surface area contributed by atoms with Crippen LogP contribution in [-0.2, 0) is 16.8 Å². The summed E-state index contributed by atoms with van der Waals surface area (Å²) in [4.78, 5) is 0. The van der Waals surface area contributed by atoms with Crippen molar-refractivity contribution in [3.8, 4) is 0 Å². The normalized spacial score (nSPS) is 37.1. The van der Waals surface area contributed by atoms with Gasteiger partial charge in [-0.05, 0) is 29.5 Å². The van der Waals surface area contributed by atoms with Gasteiger partial charge in [0.05, 0.1) is 0 Å². The first kappa shape index (κ1) is 6.39. The lowest BCUT2D eigenvalue weighted by Crippen LogP contribution is -2.11. The molecular weight excluding hydrogens is 160 g/mol. The molecule has 1 aromatic rings. The molecule has 0 saturated carbocycles. The minimum Gasteiger partial charge on any atom is -0.356 e. The van der Waals surface area contributed by atoms with Crippen LogP contribution < -0.4 is 0 Å². The average molecular weight is 170 g/mol. The molecule has 2 unspecified atom stereocenters. The van der Waals surface area contributed by atoms with Crippen molar-refractivity contribution in [1.29, 1.82) is 0 Å². The summed E-state index contributed by atoms with van der Waals surface area (Å²) in [5, 5.41) is 0. The van der Waals surface area contributed by atoms with Crippen LogP contribution in [0.2, 0.25) is 0 Å². The Kier molecular flexibility index (Phi) is 0.850. The molecule has 3 aliphatic rings. The van der Waals surface area contributed by atoms with Crippen molar-refractivity contribution >= 4 is 6.08 Å². The van der Waals surface area contributed by atoms with Crippen LogP contribution in [0.25, 0.3) is 6.08 Å². The van der Waals surface area contributed by atoms with E-state index in [-0.39, 0.29) is 5.60 Å². The number of epoxide rings is 1. The van der Waals surface area contributed by atoms with E-state index in [2.05, 4.69) is 30.4 Å². The van der Waals surface area contributed by atoms with Gasteiger partial charge >= 0.3 is 0 Å². The van der Waals surface area contributed by atoms with Crippen LogP contribution in [0.3, 0.4) is 0 Å². The molecule has 0 bridgehead atoms. The first-order chi connectivity index (χ1) is 6.40. The van der Waals surface area contributed by atoms with Crippen LogP contribution in [0, 0.1) is 0 Å². The largest absolute Gasteiger partial charge is 0.356 e. The van der Waals surface area contributed by atoms with E-state index in [9.17, 15) is 0 Å². The van der Waals surface area contributed by atoms with E-state index in [0.717, 1.165) is 0 Å². The second kappa shape index (κ2) is 1.73. The van der Waals surface area contributed by atoms with Crippen molar-refractivity contribution in [2.75, 3.05) is 0 Å². The SMILES string of the molecule is C1=CC2OC23CCc2cccc1c23. The lowest BCUT2D eigenvalue weighted by molar-refractivity contribution is 0.302. The maximum Gasteiger partial charge on any atom is 0.125 e. The maximum absolute atomic E-state index is 5.81. The molecule has 1 saturated heterocycles. The van der Waals surface area contributed by atoms with Gasteiger partial charge in [-0.3, -0.25) is 0 Å². The van der Waals surface area contributed by atoms with Crippen molar-refractivity contribution in [2.45, 2.75) is 24.5 Å². The van der Waals surface area contributed by atoms with E-state index in [0.29, 0.717) is 6.10 Å². The highest BCUT2D eigenvalue weighted by Gasteiger charge is 2.61. The summed E-state index contributed by atoms with van der Waals surface area (Å²) < 4.78 is 5.81. The molecule has 0 N–H and O–H groups in total. The molecule has 1 aliphatic heterocycles. The Bertz CT molecular complexity index is 433. The number of hydrogen-bond donors (Lipinski definition) is 0. The number of hydrogen-bond acceptors (Lipinski definition) is 1. The Hall–Kier alpha value is -1.08. The summed E-state index contributed by atoms with van der Waals surface area (Å²) in [6.45, 7) is 0. The lowest BCUT2D eigenvalue weighted by atomic mass is 9.88.